The van der Waals surface area contributed by atoms with E-state index in [1.54, 1.807) is 30.7 Å². The van der Waals surface area contributed by atoms with Gasteiger partial charge in [-0.25, -0.2) is 15.0 Å². The second-order valence-corrected chi connectivity index (χ2v) is 9.40. The number of piperidine rings is 2. The van der Waals surface area contributed by atoms with E-state index in [-0.39, 0.29) is 34.7 Å². The molecule has 11 heteroatoms. The van der Waals surface area contributed by atoms with E-state index in [1.165, 1.54) is 0 Å². The third kappa shape index (κ3) is 4.67. The predicted molar refractivity (Wildman–Crippen MR) is 124 cm³/mol. The van der Waals surface area contributed by atoms with Gasteiger partial charge in [0.25, 0.3) is 5.91 Å². The molecule has 5 heterocycles. The maximum absolute atomic E-state index is 13.8. The number of halogens is 4. The van der Waals surface area contributed by atoms with E-state index in [0.29, 0.717) is 23.6 Å². The summed E-state index contributed by atoms with van der Waals surface area (Å²) in [6.07, 6.45) is 3.63. The lowest BCUT2D eigenvalue weighted by molar-refractivity contribution is -0.137. The lowest BCUT2D eigenvalue weighted by atomic mass is 9.76. The molecule has 7 nitrogen and oxygen atoms in total. The summed E-state index contributed by atoms with van der Waals surface area (Å²) in [7, 11) is 0. The number of alkyl halides is 3. The molecule has 3 aliphatic rings. The van der Waals surface area contributed by atoms with Gasteiger partial charge < -0.3 is 10.2 Å². The second kappa shape index (κ2) is 9.07. The standard InChI is InChI=1S/C24H22ClF3N6O/c1-13-7-16(20(31-10-13)22-29-5-2-6-30-22)23(35)34-12-14-3-4-19(34)18(8-14)33-21-17(25)9-15(11-32-21)24(26,27)28/h2,5-7,9-11,14,18-19H,3-4,8,12H2,1H3,(H,32,33). The maximum atomic E-state index is 13.8. The number of aromatic nitrogens is 4. The fraction of sp³-hybridized carbons (Fsp3) is 0.375. The Kier molecular flexibility index (Phi) is 6.08. The Labute approximate surface area is 204 Å². The first-order valence-corrected chi connectivity index (χ1v) is 11.6. The lowest BCUT2D eigenvalue weighted by Gasteiger charge is -2.50. The van der Waals surface area contributed by atoms with E-state index in [2.05, 4.69) is 25.3 Å². The van der Waals surface area contributed by atoms with Crippen LogP contribution in [0.15, 0.2) is 43.0 Å². The van der Waals surface area contributed by atoms with Crippen LogP contribution in [0, 0.1) is 12.8 Å². The van der Waals surface area contributed by atoms with Crippen LogP contribution >= 0.6 is 11.6 Å². The zero-order valence-corrected chi connectivity index (χ0v) is 19.5. The number of aryl methyl sites for hydroxylation is 1. The molecule has 2 saturated heterocycles. The van der Waals surface area contributed by atoms with E-state index >= 15 is 0 Å². The molecular formula is C24H22ClF3N6O. The summed E-state index contributed by atoms with van der Waals surface area (Å²) in [6, 6.07) is 3.99. The van der Waals surface area contributed by atoms with Crippen molar-refractivity contribution >= 4 is 23.3 Å². The molecule has 2 bridgehead atoms. The number of carbonyl (C=O) groups excluding carboxylic acids is 1. The van der Waals surface area contributed by atoms with Crippen molar-refractivity contribution in [3.63, 3.8) is 0 Å². The highest BCUT2D eigenvalue weighted by Gasteiger charge is 2.44. The Bertz CT molecular complexity index is 1260. The third-order valence-corrected chi connectivity index (χ3v) is 6.85. The summed E-state index contributed by atoms with van der Waals surface area (Å²) in [5.41, 5.74) is 0.774. The largest absolute Gasteiger partial charge is 0.417 e. The minimum atomic E-state index is -4.52. The van der Waals surface area contributed by atoms with Crippen molar-refractivity contribution in [2.24, 2.45) is 5.92 Å². The molecule has 182 valence electrons. The van der Waals surface area contributed by atoms with Crippen molar-refractivity contribution < 1.29 is 18.0 Å². The van der Waals surface area contributed by atoms with Crippen LogP contribution in [0.3, 0.4) is 0 Å². The molecule has 0 aromatic carbocycles. The van der Waals surface area contributed by atoms with Gasteiger partial charge in [0.1, 0.15) is 11.5 Å². The first-order chi connectivity index (χ1) is 16.7. The fourth-order valence-corrected chi connectivity index (χ4v) is 5.16. The van der Waals surface area contributed by atoms with Gasteiger partial charge in [-0.1, -0.05) is 11.6 Å². The van der Waals surface area contributed by atoms with Crippen LogP contribution in [-0.2, 0) is 6.18 Å². The van der Waals surface area contributed by atoms with Crippen molar-refractivity contribution in [3.05, 3.63) is 64.7 Å². The SMILES string of the molecule is Cc1cnc(-c2ncccn2)c(C(=O)N2CC3CCC2C(Nc2ncc(C(F)(F)F)cc2Cl)C3)c1. The summed E-state index contributed by atoms with van der Waals surface area (Å²) >= 11 is 6.13. The number of hydrogen-bond acceptors (Lipinski definition) is 6. The first kappa shape index (κ1) is 23.5. The predicted octanol–water partition coefficient (Wildman–Crippen LogP) is 5.02. The molecule has 6 rings (SSSR count). The summed E-state index contributed by atoms with van der Waals surface area (Å²) in [6.45, 7) is 2.46. The quantitative estimate of drug-likeness (QED) is 0.539. The molecule has 35 heavy (non-hydrogen) atoms. The summed E-state index contributed by atoms with van der Waals surface area (Å²) in [5, 5.41) is 3.10. The van der Waals surface area contributed by atoms with E-state index in [1.807, 2.05) is 11.8 Å². The summed E-state index contributed by atoms with van der Waals surface area (Å²) < 4.78 is 39.0. The molecule has 3 aromatic heterocycles. The number of nitrogens with one attached hydrogen (secondary N) is 1. The number of nitrogens with zero attached hydrogens (tertiary/aromatic N) is 5. The summed E-state index contributed by atoms with van der Waals surface area (Å²) in [5.74, 6) is 0.633. The zero-order valence-electron chi connectivity index (χ0n) is 18.8. The molecule has 3 atom stereocenters. The number of amides is 1. The van der Waals surface area contributed by atoms with E-state index in [4.69, 9.17) is 11.6 Å². The molecule has 0 spiro atoms. The molecule has 3 fully saturated rings. The van der Waals surface area contributed by atoms with Gasteiger partial charge in [-0.05, 0) is 55.9 Å². The number of rotatable bonds is 4. The van der Waals surface area contributed by atoms with Crippen LogP contribution in [0.1, 0.15) is 40.7 Å². The highest BCUT2D eigenvalue weighted by atomic mass is 35.5. The Balaban J connectivity index is 1.42. The molecular weight excluding hydrogens is 481 g/mol. The van der Waals surface area contributed by atoms with Crippen LogP contribution in [0.2, 0.25) is 5.02 Å². The van der Waals surface area contributed by atoms with Gasteiger partial charge in [0.15, 0.2) is 5.82 Å². The van der Waals surface area contributed by atoms with Crippen LogP contribution in [0.25, 0.3) is 11.5 Å². The molecule has 3 aromatic rings. The highest BCUT2D eigenvalue weighted by molar-refractivity contribution is 6.33. The maximum Gasteiger partial charge on any atom is 0.417 e. The normalized spacial score (nSPS) is 21.7. The third-order valence-electron chi connectivity index (χ3n) is 6.56. The minimum absolute atomic E-state index is 0.106. The van der Waals surface area contributed by atoms with Gasteiger partial charge in [0.2, 0.25) is 0 Å². The van der Waals surface area contributed by atoms with Crippen molar-refractivity contribution in [1.29, 1.82) is 0 Å². The molecule has 0 radical (unpaired) electrons. The number of anilines is 1. The number of fused-ring (bicyclic) bond motifs is 3. The van der Waals surface area contributed by atoms with Crippen LogP contribution in [-0.4, -0.2) is 49.4 Å². The first-order valence-electron chi connectivity index (χ1n) is 11.2. The van der Waals surface area contributed by atoms with Gasteiger partial charge in [0.05, 0.1) is 22.2 Å². The van der Waals surface area contributed by atoms with E-state index in [9.17, 15) is 18.0 Å². The molecule has 1 N–H and O–H groups in total. The van der Waals surface area contributed by atoms with Gasteiger partial charge in [-0.2, -0.15) is 13.2 Å². The zero-order chi connectivity index (χ0) is 24.7. The molecule has 2 aliphatic heterocycles. The molecule has 1 aliphatic carbocycles. The molecule has 1 amide bonds. The van der Waals surface area contributed by atoms with Crippen molar-refractivity contribution in [2.75, 3.05) is 11.9 Å². The Morgan fingerprint density at radius 2 is 1.89 bits per heavy atom. The molecule has 3 unspecified atom stereocenters. The van der Waals surface area contributed by atoms with Crippen molar-refractivity contribution in [3.8, 4) is 11.5 Å². The van der Waals surface area contributed by atoms with Crippen LogP contribution in [0.4, 0.5) is 19.0 Å². The highest BCUT2D eigenvalue weighted by Crippen LogP contribution is 2.39. The topological polar surface area (TPSA) is 83.9 Å². The number of carbonyl (C=O) groups is 1. The van der Waals surface area contributed by atoms with Gasteiger partial charge >= 0.3 is 6.18 Å². The number of pyridine rings is 2. The number of hydrogen-bond donors (Lipinski definition) is 1. The van der Waals surface area contributed by atoms with Gasteiger partial charge in [0, 0.05) is 37.4 Å². The smallest absolute Gasteiger partial charge is 0.364 e. The average molecular weight is 503 g/mol. The van der Waals surface area contributed by atoms with E-state index in [0.717, 1.165) is 37.1 Å². The van der Waals surface area contributed by atoms with Crippen molar-refractivity contribution in [1.82, 2.24) is 24.8 Å². The Morgan fingerprint density at radius 1 is 1.11 bits per heavy atom. The molecule has 1 saturated carbocycles. The van der Waals surface area contributed by atoms with E-state index < -0.39 is 11.7 Å². The summed E-state index contributed by atoms with van der Waals surface area (Å²) in [4.78, 5) is 32.5. The van der Waals surface area contributed by atoms with Crippen LogP contribution < -0.4 is 5.32 Å². The minimum Gasteiger partial charge on any atom is -0.364 e. The monoisotopic (exact) mass is 502 g/mol. The van der Waals surface area contributed by atoms with Gasteiger partial charge in [-0.15, -0.1) is 0 Å². The Morgan fingerprint density at radius 3 is 2.57 bits per heavy atom. The lowest BCUT2D eigenvalue weighted by Crippen LogP contribution is -2.59. The second-order valence-electron chi connectivity index (χ2n) is 8.99. The van der Waals surface area contributed by atoms with Crippen LogP contribution in [0.5, 0.6) is 0 Å². The fourth-order valence-electron chi connectivity index (χ4n) is 4.94. The Hall–Kier alpha value is -3.27. The van der Waals surface area contributed by atoms with Crippen molar-refractivity contribution in [2.45, 2.75) is 44.4 Å². The average Bonchev–Trinajstić information content (AvgIpc) is 2.85. The van der Waals surface area contributed by atoms with Gasteiger partial charge in [-0.3, -0.25) is 9.78 Å².